The molecule has 0 saturated heterocycles. The molecule has 0 fully saturated rings. The maximum atomic E-state index is 13.3. The van der Waals surface area contributed by atoms with Gasteiger partial charge in [0.15, 0.2) is 18.2 Å². The van der Waals surface area contributed by atoms with Crippen molar-refractivity contribution in [2.75, 3.05) is 6.61 Å². The van der Waals surface area contributed by atoms with Gasteiger partial charge in [-0.2, -0.15) is 0 Å². The third-order valence-electron chi connectivity index (χ3n) is 2.94. The highest BCUT2D eigenvalue weighted by Crippen LogP contribution is 2.14. The van der Waals surface area contributed by atoms with Crippen LogP contribution in [0.4, 0.5) is 4.39 Å². The topological polar surface area (TPSA) is 67.4 Å². The number of thiophene rings is 1. The summed E-state index contributed by atoms with van der Waals surface area (Å²) in [7, 11) is 0. The number of rotatable bonds is 7. The van der Waals surface area contributed by atoms with Crippen molar-refractivity contribution in [1.29, 1.82) is 0 Å². The third-order valence-corrected chi connectivity index (χ3v) is 3.88. The molecule has 0 aliphatic rings. The standard InChI is InChI=1S/C16H17FN2O3S/c17-13-7-1-2-8-14(13)22-11-16(21)19-18-15(20)9-3-5-12-6-4-10-23-12/h1-2,4,6-8,10H,3,5,9,11H2,(H,18,20)(H,19,21). The Kier molecular flexibility index (Phi) is 6.56. The number of benzene rings is 1. The van der Waals surface area contributed by atoms with E-state index in [9.17, 15) is 14.0 Å². The summed E-state index contributed by atoms with van der Waals surface area (Å²) in [5.74, 6) is -1.39. The third kappa shape index (κ3) is 6.07. The second kappa shape index (κ2) is 8.89. The van der Waals surface area contributed by atoms with E-state index in [0.717, 1.165) is 6.42 Å². The first kappa shape index (κ1) is 17.0. The van der Waals surface area contributed by atoms with Gasteiger partial charge in [0.25, 0.3) is 5.91 Å². The van der Waals surface area contributed by atoms with Gasteiger partial charge in [-0.1, -0.05) is 18.2 Å². The number of ether oxygens (including phenoxy) is 1. The number of hydrogen-bond acceptors (Lipinski definition) is 4. The molecule has 1 heterocycles. The monoisotopic (exact) mass is 336 g/mol. The second-order valence-electron chi connectivity index (χ2n) is 4.75. The number of halogens is 1. The number of carbonyl (C=O) groups is 2. The predicted octanol–water partition coefficient (Wildman–Crippen LogP) is 2.44. The molecule has 0 saturated carbocycles. The summed E-state index contributed by atoms with van der Waals surface area (Å²) in [6.45, 7) is -0.379. The number of hydrazine groups is 1. The first-order valence-corrected chi connectivity index (χ1v) is 8.00. The smallest absolute Gasteiger partial charge is 0.276 e. The first-order chi connectivity index (χ1) is 11.1. The average Bonchev–Trinajstić information content (AvgIpc) is 3.05. The van der Waals surface area contributed by atoms with Crippen molar-refractivity contribution in [2.45, 2.75) is 19.3 Å². The fraction of sp³-hybridized carbons (Fsp3) is 0.250. The number of para-hydroxylation sites is 1. The fourth-order valence-electron chi connectivity index (χ4n) is 1.82. The van der Waals surface area contributed by atoms with Gasteiger partial charge in [0.2, 0.25) is 5.91 Å². The molecule has 122 valence electrons. The van der Waals surface area contributed by atoms with Crippen LogP contribution in [0.15, 0.2) is 41.8 Å². The maximum absolute atomic E-state index is 13.3. The van der Waals surface area contributed by atoms with Crippen LogP contribution < -0.4 is 15.6 Å². The molecular weight excluding hydrogens is 319 g/mol. The highest BCUT2D eigenvalue weighted by Gasteiger charge is 2.08. The molecular formula is C16H17FN2O3S. The Morgan fingerprint density at radius 1 is 1.09 bits per heavy atom. The quantitative estimate of drug-likeness (QED) is 0.763. The highest BCUT2D eigenvalue weighted by molar-refractivity contribution is 7.09. The molecule has 1 aromatic carbocycles. The molecule has 0 aliphatic heterocycles. The van der Waals surface area contributed by atoms with Gasteiger partial charge in [0.05, 0.1) is 0 Å². The van der Waals surface area contributed by atoms with E-state index in [1.165, 1.54) is 23.1 Å². The van der Waals surface area contributed by atoms with Crippen molar-refractivity contribution >= 4 is 23.2 Å². The minimum absolute atomic E-state index is 0.00933. The minimum Gasteiger partial charge on any atom is -0.481 e. The average molecular weight is 336 g/mol. The Morgan fingerprint density at radius 2 is 1.87 bits per heavy atom. The molecule has 0 unspecified atom stereocenters. The van der Waals surface area contributed by atoms with E-state index < -0.39 is 11.7 Å². The van der Waals surface area contributed by atoms with Crippen molar-refractivity contribution in [3.63, 3.8) is 0 Å². The summed E-state index contributed by atoms with van der Waals surface area (Å²) in [5, 5.41) is 1.99. The van der Waals surface area contributed by atoms with Crippen molar-refractivity contribution in [1.82, 2.24) is 10.9 Å². The predicted molar refractivity (Wildman–Crippen MR) is 85.4 cm³/mol. The minimum atomic E-state index is -0.556. The molecule has 2 aromatic rings. The van der Waals surface area contributed by atoms with E-state index in [0.29, 0.717) is 12.8 Å². The molecule has 2 N–H and O–H groups in total. The van der Waals surface area contributed by atoms with Crippen molar-refractivity contribution < 1.29 is 18.7 Å². The Balaban J connectivity index is 1.60. The maximum Gasteiger partial charge on any atom is 0.276 e. The summed E-state index contributed by atoms with van der Waals surface area (Å²) in [5.41, 5.74) is 4.54. The second-order valence-corrected chi connectivity index (χ2v) is 5.78. The zero-order chi connectivity index (χ0) is 16.5. The molecule has 0 radical (unpaired) electrons. The van der Waals surface area contributed by atoms with Gasteiger partial charge >= 0.3 is 0 Å². The number of amides is 2. The van der Waals surface area contributed by atoms with Crippen LogP contribution in [0.25, 0.3) is 0 Å². The van der Waals surface area contributed by atoms with E-state index in [2.05, 4.69) is 10.9 Å². The van der Waals surface area contributed by atoms with Gasteiger partial charge in [0, 0.05) is 11.3 Å². The van der Waals surface area contributed by atoms with Crippen LogP contribution in [0.3, 0.4) is 0 Å². The zero-order valence-corrected chi connectivity index (χ0v) is 13.2. The van der Waals surface area contributed by atoms with E-state index in [1.54, 1.807) is 17.4 Å². The van der Waals surface area contributed by atoms with Gasteiger partial charge in [-0.15, -0.1) is 11.3 Å². The Morgan fingerprint density at radius 3 is 2.61 bits per heavy atom. The Hall–Kier alpha value is -2.41. The van der Waals surface area contributed by atoms with Crippen LogP contribution in [0.2, 0.25) is 0 Å². The highest BCUT2D eigenvalue weighted by atomic mass is 32.1. The number of hydrogen-bond donors (Lipinski definition) is 2. The lowest BCUT2D eigenvalue weighted by Crippen LogP contribution is -2.43. The van der Waals surface area contributed by atoms with Gasteiger partial charge in [-0.3, -0.25) is 20.4 Å². The van der Waals surface area contributed by atoms with Crippen LogP contribution >= 0.6 is 11.3 Å². The first-order valence-electron chi connectivity index (χ1n) is 7.12. The normalized spacial score (nSPS) is 10.1. The summed E-state index contributed by atoms with van der Waals surface area (Å²) < 4.78 is 18.3. The lowest BCUT2D eigenvalue weighted by Gasteiger charge is -2.09. The SMILES string of the molecule is O=C(CCCc1cccs1)NNC(=O)COc1ccccc1F. The van der Waals surface area contributed by atoms with Crippen molar-refractivity contribution in [3.8, 4) is 5.75 Å². The molecule has 0 atom stereocenters. The molecule has 0 spiro atoms. The van der Waals surface area contributed by atoms with Crippen LogP contribution in [0, 0.1) is 5.82 Å². The Labute approximate surface area is 137 Å². The van der Waals surface area contributed by atoms with E-state index >= 15 is 0 Å². The molecule has 1 aromatic heterocycles. The largest absolute Gasteiger partial charge is 0.481 e. The number of carbonyl (C=O) groups excluding carboxylic acids is 2. The summed E-state index contributed by atoms with van der Waals surface area (Å²) in [4.78, 5) is 24.3. The van der Waals surface area contributed by atoms with Crippen LogP contribution in [-0.2, 0) is 16.0 Å². The molecule has 5 nitrogen and oxygen atoms in total. The van der Waals surface area contributed by atoms with Gasteiger partial charge in [-0.05, 0) is 36.4 Å². The summed E-state index contributed by atoms with van der Waals surface area (Å²) in [6, 6.07) is 9.78. The number of nitrogens with one attached hydrogen (secondary N) is 2. The van der Waals surface area contributed by atoms with E-state index in [-0.39, 0.29) is 18.3 Å². The van der Waals surface area contributed by atoms with Crippen molar-refractivity contribution in [3.05, 3.63) is 52.5 Å². The molecule has 23 heavy (non-hydrogen) atoms. The molecule has 0 aliphatic carbocycles. The van der Waals surface area contributed by atoms with Gasteiger partial charge in [-0.25, -0.2) is 4.39 Å². The molecule has 0 bridgehead atoms. The Bertz CT molecular complexity index is 647. The zero-order valence-electron chi connectivity index (χ0n) is 12.4. The van der Waals surface area contributed by atoms with Crippen molar-refractivity contribution in [2.24, 2.45) is 0 Å². The number of aryl methyl sites for hydroxylation is 1. The van der Waals surface area contributed by atoms with E-state index in [1.807, 2.05) is 17.5 Å². The van der Waals surface area contributed by atoms with Gasteiger partial charge in [0.1, 0.15) is 0 Å². The van der Waals surface area contributed by atoms with Gasteiger partial charge < -0.3 is 4.74 Å². The lowest BCUT2D eigenvalue weighted by molar-refractivity contribution is -0.130. The van der Waals surface area contributed by atoms with Crippen LogP contribution in [-0.4, -0.2) is 18.4 Å². The lowest BCUT2D eigenvalue weighted by atomic mass is 10.2. The molecule has 7 heteroatoms. The summed E-state index contributed by atoms with van der Waals surface area (Å²) >= 11 is 1.65. The summed E-state index contributed by atoms with van der Waals surface area (Å²) in [6.07, 6.45) is 1.84. The molecule has 2 rings (SSSR count). The fourth-order valence-corrected chi connectivity index (χ4v) is 2.57. The van der Waals surface area contributed by atoms with Crippen LogP contribution in [0.1, 0.15) is 17.7 Å². The van der Waals surface area contributed by atoms with Crippen LogP contribution in [0.5, 0.6) is 5.75 Å². The molecule has 2 amide bonds. The van der Waals surface area contributed by atoms with E-state index in [4.69, 9.17) is 4.74 Å².